The molecule has 32 heavy (non-hydrogen) atoms. The van der Waals surface area contributed by atoms with Gasteiger partial charge in [-0.2, -0.15) is 0 Å². The molecule has 6 heteroatoms. The number of aryl methyl sites for hydroxylation is 1. The van der Waals surface area contributed by atoms with E-state index in [0.29, 0.717) is 5.56 Å². The highest BCUT2D eigenvalue weighted by Crippen LogP contribution is 2.34. The van der Waals surface area contributed by atoms with Crippen molar-refractivity contribution >= 4 is 10.8 Å². The number of ether oxygens (including phenoxy) is 1. The normalized spacial score (nSPS) is 11.7. The highest BCUT2D eigenvalue weighted by molar-refractivity contribution is 5.97. The van der Waals surface area contributed by atoms with Gasteiger partial charge in [-0.1, -0.05) is 74.0 Å². The maximum absolute atomic E-state index is 14.1. The van der Waals surface area contributed by atoms with E-state index in [2.05, 4.69) is 35.9 Å². The van der Waals surface area contributed by atoms with Crippen molar-refractivity contribution in [2.75, 3.05) is 0 Å². The van der Waals surface area contributed by atoms with Crippen LogP contribution in [0.3, 0.4) is 0 Å². The van der Waals surface area contributed by atoms with Crippen molar-refractivity contribution in [1.29, 1.82) is 0 Å². The van der Waals surface area contributed by atoms with Crippen LogP contribution >= 0.6 is 0 Å². The predicted molar refractivity (Wildman–Crippen MR) is 115 cm³/mol. The summed E-state index contributed by atoms with van der Waals surface area (Å²) in [5.41, 5.74) is 3.79. The summed E-state index contributed by atoms with van der Waals surface area (Å²) in [7, 11) is 0. The van der Waals surface area contributed by atoms with E-state index in [4.69, 9.17) is 0 Å². The molecule has 0 spiro atoms. The van der Waals surface area contributed by atoms with E-state index in [-0.39, 0.29) is 5.56 Å². The fourth-order valence-electron chi connectivity index (χ4n) is 3.81. The van der Waals surface area contributed by atoms with Crippen molar-refractivity contribution in [1.82, 2.24) is 0 Å². The molecule has 4 rings (SSSR count). The van der Waals surface area contributed by atoms with E-state index in [0.717, 1.165) is 46.9 Å². The van der Waals surface area contributed by atoms with Gasteiger partial charge in [-0.15, -0.1) is 13.2 Å². The fourth-order valence-corrected chi connectivity index (χ4v) is 3.81. The van der Waals surface area contributed by atoms with Crippen LogP contribution in [-0.4, -0.2) is 6.36 Å². The summed E-state index contributed by atoms with van der Waals surface area (Å²) in [5, 5.41) is 2.22. The first-order chi connectivity index (χ1) is 15.2. The second-order valence-electron chi connectivity index (χ2n) is 7.51. The van der Waals surface area contributed by atoms with Crippen molar-refractivity contribution in [2.24, 2.45) is 0 Å². The molecule has 0 aliphatic heterocycles. The van der Waals surface area contributed by atoms with Crippen molar-refractivity contribution in [3.8, 4) is 28.0 Å². The second-order valence-corrected chi connectivity index (χ2v) is 7.51. The minimum absolute atomic E-state index is 0.114. The maximum atomic E-state index is 14.1. The molecule has 0 unspecified atom stereocenters. The van der Waals surface area contributed by atoms with Gasteiger partial charge in [-0.3, -0.25) is 0 Å². The number of hydrogen-bond donors (Lipinski definition) is 0. The molecule has 0 fully saturated rings. The summed E-state index contributed by atoms with van der Waals surface area (Å²) < 4.78 is 68.6. The lowest BCUT2D eigenvalue weighted by molar-refractivity contribution is -0.276. The third kappa shape index (κ3) is 4.59. The standard InChI is InChI=1S/C26H19F5O/c1-2-4-16-7-12-22-19(13-16)5-3-6-21(22)18-10-8-17(9-11-18)20-14-23(27)25(24(28)15-20)32-26(29,30)31/h3,5-15H,2,4H2,1H3. The molecule has 0 aliphatic carbocycles. The lowest BCUT2D eigenvalue weighted by Crippen LogP contribution is -2.19. The Balaban J connectivity index is 1.67. The lowest BCUT2D eigenvalue weighted by Gasteiger charge is -2.12. The molecule has 4 aromatic rings. The number of hydrogen-bond acceptors (Lipinski definition) is 1. The predicted octanol–water partition coefficient (Wildman–Crippen LogP) is 8.30. The van der Waals surface area contributed by atoms with Gasteiger partial charge in [0.2, 0.25) is 5.75 Å². The topological polar surface area (TPSA) is 9.23 Å². The van der Waals surface area contributed by atoms with E-state index < -0.39 is 23.7 Å². The zero-order valence-corrected chi connectivity index (χ0v) is 17.1. The molecule has 164 valence electrons. The summed E-state index contributed by atoms with van der Waals surface area (Å²) in [6.45, 7) is 2.14. The first-order valence-corrected chi connectivity index (χ1v) is 10.1. The van der Waals surface area contributed by atoms with Gasteiger partial charge >= 0.3 is 6.36 Å². The Morgan fingerprint density at radius 3 is 2.03 bits per heavy atom. The largest absolute Gasteiger partial charge is 0.573 e. The summed E-state index contributed by atoms with van der Waals surface area (Å²) in [6.07, 6.45) is -3.10. The monoisotopic (exact) mass is 442 g/mol. The quantitative estimate of drug-likeness (QED) is 0.283. The highest BCUT2D eigenvalue weighted by atomic mass is 19.4. The molecular formula is C26H19F5O. The Hall–Kier alpha value is -3.41. The molecule has 4 aromatic carbocycles. The first kappa shape index (κ1) is 21.8. The molecule has 0 saturated carbocycles. The molecule has 0 aliphatic rings. The van der Waals surface area contributed by atoms with Crippen LogP contribution in [0.4, 0.5) is 22.0 Å². The second kappa shape index (κ2) is 8.61. The minimum atomic E-state index is -5.18. The molecule has 0 bridgehead atoms. The summed E-state index contributed by atoms with van der Waals surface area (Å²) in [5.74, 6) is -4.30. The SMILES string of the molecule is CCCc1ccc2c(-c3ccc(-c4cc(F)c(OC(F)(F)F)c(F)c4)cc3)cccc2c1. The molecule has 0 aromatic heterocycles. The van der Waals surface area contributed by atoms with Gasteiger partial charge < -0.3 is 4.74 Å². The summed E-state index contributed by atoms with van der Waals surface area (Å²) in [6, 6.07) is 21.1. The van der Waals surface area contributed by atoms with Gasteiger partial charge in [0.15, 0.2) is 11.6 Å². The average Bonchev–Trinajstić information content (AvgIpc) is 2.75. The van der Waals surface area contributed by atoms with Crippen LogP contribution < -0.4 is 4.74 Å². The van der Waals surface area contributed by atoms with Gasteiger partial charge in [-0.05, 0) is 57.1 Å². The smallest absolute Gasteiger partial charge is 0.399 e. The van der Waals surface area contributed by atoms with Crippen LogP contribution in [0, 0.1) is 11.6 Å². The Labute approximate surface area is 182 Å². The van der Waals surface area contributed by atoms with Gasteiger partial charge in [0.1, 0.15) is 0 Å². The third-order valence-corrected chi connectivity index (χ3v) is 5.23. The molecule has 0 atom stereocenters. The van der Waals surface area contributed by atoms with Crippen molar-refractivity contribution in [2.45, 2.75) is 26.1 Å². The molecule has 1 nitrogen and oxygen atoms in total. The number of alkyl halides is 3. The van der Waals surface area contributed by atoms with Crippen LogP contribution in [0.25, 0.3) is 33.0 Å². The molecular weight excluding hydrogens is 423 g/mol. The highest BCUT2D eigenvalue weighted by Gasteiger charge is 2.34. The van der Waals surface area contributed by atoms with Crippen LogP contribution in [-0.2, 0) is 6.42 Å². The maximum Gasteiger partial charge on any atom is 0.573 e. The van der Waals surface area contributed by atoms with Crippen molar-refractivity contribution < 1.29 is 26.7 Å². The third-order valence-electron chi connectivity index (χ3n) is 5.23. The van der Waals surface area contributed by atoms with Crippen molar-refractivity contribution in [3.63, 3.8) is 0 Å². The van der Waals surface area contributed by atoms with Crippen LogP contribution in [0.1, 0.15) is 18.9 Å². The Bertz CT molecular complexity index is 1240. The molecule has 0 amide bonds. The molecule has 0 heterocycles. The van der Waals surface area contributed by atoms with E-state index in [9.17, 15) is 22.0 Å². The van der Waals surface area contributed by atoms with Crippen LogP contribution in [0.2, 0.25) is 0 Å². The van der Waals surface area contributed by atoms with E-state index >= 15 is 0 Å². The fraction of sp³-hybridized carbons (Fsp3) is 0.154. The Kier molecular flexibility index (Phi) is 5.87. The minimum Gasteiger partial charge on any atom is -0.399 e. The number of halogens is 5. The zero-order chi connectivity index (χ0) is 22.9. The molecule has 0 saturated heterocycles. The van der Waals surface area contributed by atoms with Crippen LogP contribution in [0.15, 0.2) is 72.8 Å². The summed E-state index contributed by atoms with van der Waals surface area (Å²) in [4.78, 5) is 0. The first-order valence-electron chi connectivity index (χ1n) is 10.1. The van der Waals surface area contributed by atoms with E-state index in [1.54, 1.807) is 12.1 Å². The lowest BCUT2D eigenvalue weighted by atomic mass is 9.94. The van der Waals surface area contributed by atoms with Crippen LogP contribution in [0.5, 0.6) is 5.75 Å². The number of fused-ring (bicyclic) bond motifs is 1. The van der Waals surface area contributed by atoms with Gasteiger partial charge in [-0.25, -0.2) is 8.78 Å². The molecule has 0 N–H and O–H groups in total. The van der Waals surface area contributed by atoms with Gasteiger partial charge in [0.05, 0.1) is 0 Å². The average molecular weight is 442 g/mol. The Morgan fingerprint density at radius 2 is 1.41 bits per heavy atom. The van der Waals surface area contributed by atoms with Crippen molar-refractivity contribution in [3.05, 3.63) is 90.0 Å². The van der Waals surface area contributed by atoms with Gasteiger partial charge in [0, 0.05) is 0 Å². The van der Waals surface area contributed by atoms with E-state index in [1.165, 1.54) is 5.56 Å². The zero-order valence-electron chi connectivity index (χ0n) is 17.1. The summed E-state index contributed by atoms with van der Waals surface area (Å²) >= 11 is 0. The van der Waals surface area contributed by atoms with E-state index in [1.807, 2.05) is 24.3 Å². The Morgan fingerprint density at radius 1 is 0.750 bits per heavy atom. The molecule has 0 radical (unpaired) electrons. The van der Waals surface area contributed by atoms with Gasteiger partial charge in [0.25, 0.3) is 0 Å². The number of rotatable bonds is 5. The number of benzene rings is 4.